The van der Waals surface area contributed by atoms with Crippen molar-refractivity contribution in [2.75, 3.05) is 18.0 Å². The Morgan fingerprint density at radius 1 is 1.28 bits per heavy atom. The van der Waals surface area contributed by atoms with Gasteiger partial charge >= 0.3 is 11.8 Å². The van der Waals surface area contributed by atoms with E-state index >= 15 is 0 Å². The minimum atomic E-state index is -0.611. The lowest BCUT2D eigenvalue weighted by molar-refractivity contribution is 0.0499. The molecule has 39 heavy (non-hydrogen) atoms. The van der Waals surface area contributed by atoms with Crippen LogP contribution in [0.2, 0.25) is 0 Å². The third kappa shape index (κ3) is 5.80. The van der Waals surface area contributed by atoms with Gasteiger partial charge in [0.05, 0.1) is 24.7 Å². The first kappa shape index (κ1) is 27.5. The van der Waals surface area contributed by atoms with E-state index in [1.54, 1.807) is 24.6 Å². The van der Waals surface area contributed by atoms with Crippen LogP contribution in [0.25, 0.3) is 11.2 Å². The molecule has 1 N–H and O–H groups in total. The predicted octanol–water partition coefficient (Wildman–Crippen LogP) is 1.73. The number of nitrogens with one attached hydrogen (secondary N) is 1. The lowest BCUT2D eigenvalue weighted by Crippen LogP contribution is -2.49. The Hall–Kier alpha value is -4.58. The summed E-state index contributed by atoms with van der Waals surface area (Å²) in [5.74, 6) is 6.36. The molecule has 4 rings (SSSR count). The van der Waals surface area contributed by atoms with Crippen molar-refractivity contribution in [3.8, 4) is 17.9 Å². The van der Waals surface area contributed by atoms with Gasteiger partial charge in [-0.3, -0.25) is 23.5 Å². The molecule has 0 saturated carbocycles. The van der Waals surface area contributed by atoms with E-state index < -0.39 is 22.9 Å². The summed E-state index contributed by atoms with van der Waals surface area (Å²) < 4.78 is 9.55. The first-order valence-electron chi connectivity index (χ1n) is 12.7. The summed E-state index contributed by atoms with van der Waals surface area (Å²) in [7, 11) is 1.56. The van der Waals surface area contributed by atoms with Gasteiger partial charge in [0.1, 0.15) is 5.60 Å². The molecule has 1 atom stereocenters. The highest BCUT2D eigenvalue weighted by atomic mass is 16.6. The van der Waals surface area contributed by atoms with Gasteiger partial charge in [0.25, 0.3) is 5.56 Å². The number of carbonyl (C=O) groups excluding carboxylic acids is 1. The van der Waals surface area contributed by atoms with Crippen molar-refractivity contribution in [1.29, 1.82) is 5.26 Å². The van der Waals surface area contributed by atoms with E-state index in [-0.39, 0.29) is 30.3 Å². The van der Waals surface area contributed by atoms with Crippen LogP contribution in [-0.2, 0) is 24.9 Å². The fourth-order valence-corrected chi connectivity index (χ4v) is 4.63. The number of alkyl carbamates (subject to hydrolysis) is 1. The largest absolute Gasteiger partial charge is 0.444 e. The minimum Gasteiger partial charge on any atom is -0.444 e. The Kier molecular flexibility index (Phi) is 7.77. The maximum absolute atomic E-state index is 13.8. The molecule has 204 valence electrons. The van der Waals surface area contributed by atoms with Crippen LogP contribution < -0.4 is 21.5 Å². The third-order valence-corrected chi connectivity index (χ3v) is 6.40. The molecule has 12 heteroatoms. The Morgan fingerprint density at radius 2 is 2.05 bits per heavy atom. The summed E-state index contributed by atoms with van der Waals surface area (Å²) >= 11 is 0. The van der Waals surface area contributed by atoms with Crippen LogP contribution in [0, 0.1) is 23.2 Å². The van der Waals surface area contributed by atoms with E-state index in [2.05, 4.69) is 28.2 Å². The van der Waals surface area contributed by atoms with Gasteiger partial charge in [-0.15, -0.1) is 5.92 Å². The number of hydrogen-bond donors (Lipinski definition) is 1. The molecular weight excluding hydrogens is 500 g/mol. The number of ether oxygens (including phenoxy) is 1. The number of aryl methyl sites for hydroxylation is 1. The predicted molar refractivity (Wildman–Crippen MR) is 145 cm³/mol. The van der Waals surface area contributed by atoms with Crippen LogP contribution in [0.15, 0.2) is 28.0 Å². The first-order chi connectivity index (χ1) is 18.5. The topological polar surface area (TPSA) is 140 Å². The van der Waals surface area contributed by atoms with Crippen molar-refractivity contribution in [2.24, 2.45) is 7.05 Å². The summed E-state index contributed by atoms with van der Waals surface area (Å²) in [4.78, 5) is 50.2. The smallest absolute Gasteiger partial charge is 0.407 e. The zero-order valence-electron chi connectivity index (χ0n) is 22.8. The number of fused-ring (bicyclic) bond motifs is 1. The maximum atomic E-state index is 13.8. The molecule has 12 nitrogen and oxygen atoms in total. The number of nitriles is 1. The molecule has 0 aromatic carbocycles. The van der Waals surface area contributed by atoms with E-state index in [0.717, 1.165) is 17.4 Å². The zero-order valence-corrected chi connectivity index (χ0v) is 22.8. The summed E-state index contributed by atoms with van der Waals surface area (Å²) in [6.07, 6.45) is 4.02. The van der Waals surface area contributed by atoms with Crippen LogP contribution >= 0.6 is 0 Å². The van der Waals surface area contributed by atoms with Gasteiger partial charge < -0.3 is 15.0 Å². The molecule has 1 aliphatic rings. The zero-order chi connectivity index (χ0) is 28.3. The van der Waals surface area contributed by atoms with E-state index in [9.17, 15) is 19.6 Å². The normalized spacial score (nSPS) is 15.4. The van der Waals surface area contributed by atoms with Crippen molar-refractivity contribution in [3.63, 3.8) is 0 Å². The van der Waals surface area contributed by atoms with Gasteiger partial charge in [-0.1, -0.05) is 5.92 Å². The number of amides is 1. The molecule has 1 fully saturated rings. The van der Waals surface area contributed by atoms with Gasteiger partial charge in [-0.25, -0.2) is 9.59 Å². The molecule has 1 aliphatic heterocycles. The second-order valence-corrected chi connectivity index (χ2v) is 10.4. The van der Waals surface area contributed by atoms with Crippen molar-refractivity contribution in [2.45, 2.75) is 65.3 Å². The van der Waals surface area contributed by atoms with Gasteiger partial charge in [0, 0.05) is 44.1 Å². The highest BCUT2D eigenvalue weighted by Gasteiger charge is 2.29. The number of anilines is 1. The number of imidazole rings is 1. The second-order valence-electron chi connectivity index (χ2n) is 10.4. The first-order valence-corrected chi connectivity index (χ1v) is 12.7. The third-order valence-electron chi connectivity index (χ3n) is 6.40. The molecule has 1 amide bonds. The van der Waals surface area contributed by atoms with Gasteiger partial charge in [-0.05, 0) is 46.6 Å². The molecule has 1 saturated heterocycles. The molecule has 0 aliphatic carbocycles. The van der Waals surface area contributed by atoms with Crippen LogP contribution in [-0.4, -0.2) is 54.5 Å². The van der Waals surface area contributed by atoms with Crippen LogP contribution in [0.5, 0.6) is 0 Å². The van der Waals surface area contributed by atoms with E-state index in [1.807, 2.05) is 25.7 Å². The Morgan fingerprint density at radius 3 is 2.74 bits per heavy atom. The molecule has 0 radical (unpaired) electrons. The van der Waals surface area contributed by atoms with Gasteiger partial charge in [-0.2, -0.15) is 10.2 Å². The van der Waals surface area contributed by atoms with Crippen LogP contribution in [0.1, 0.15) is 51.7 Å². The van der Waals surface area contributed by atoms with Crippen molar-refractivity contribution in [1.82, 2.24) is 29.0 Å². The fraction of sp³-hybridized carbons (Fsp3) is 0.481. The van der Waals surface area contributed by atoms with Gasteiger partial charge in [0.15, 0.2) is 11.2 Å². The highest BCUT2D eigenvalue weighted by Crippen LogP contribution is 2.23. The van der Waals surface area contributed by atoms with Crippen molar-refractivity contribution < 1.29 is 9.53 Å². The molecular formula is C27H32N8O4. The SMILES string of the molecule is CC#CCn1c(N2CCC[C@@H](NC(=O)OC(C)(C)C)C2)nc2c1c(=O)n(Cc1cnccc1C#N)c(=O)n2C. The summed E-state index contributed by atoms with van der Waals surface area (Å²) in [6.45, 7) is 8.32. The highest BCUT2D eigenvalue weighted by molar-refractivity contribution is 5.75. The number of carbonyl (C=O) groups is 1. The number of piperidine rings is 1. The van der Waals surface area contributed by atoms with Crippen LogP contribution in [0.4, 0.5) is 10.7 Å². The number of hydrogen-bond acceptors (Lipinski definition) is 8. The fourth-order valence-electron chi connectivity index (χ4n) is 4.63. The maximum Gasteiger partial charge on any atom is 0.407 e. The van der Waals surface area contributed by atoms with E-state index in [0.29, 0.717) is 30.2 Å². The average molecular weight is 533 g/mol. The average Bonchev–Trinajstić information content (AvgIpc) is 3.27. The minimum absolute atomic E-state index is 0.107. The second kappa shape index (κ2) is 11.0. The van der Waals surface area contributed by atoms with Crippen molar-refractivity contribution in [3.05, 3.63) is 50.4 Å². The number of nitrogens with zero attached hydrogens (tertiary/aromatic N) is 7. The Labute approximate surface area is 225 Å². The Balaban J connectivity index is 1.77. The Bertz CT molecular complexity index is 1620. The monoisotopic (exact) mass is 532 g/mol. The molecule has 3 aromatic heterocycles. The standard InChI is InChI=1S/C27H32N8O4/c1-6-7-13-34-21-22(31-24(34)33-12-8-9-20(17-33)30-25(37)39-27(2,3)4)32(5)26(38)35(23(21)36)16-19-15-29-11-10-18(19)14-28/h10-11,15,20H,8-9,12-13,16-17H2,1-5H3,(H,30,37)/t20-/m1/s1. The number of pyridine rings is 1. The van der Waals surface area contributed by atoms with Crippen LogP contribution in [0.3, 0.4) is 0 Å². The molecule has 0 spiro atoms. The molecule has 4 heterocycles. The van der Waals surface area contributed by atoms with Crippen molar-refractivity contribution >= 4 is 23.2 Å². The molecule has 0 bridgehead atoms. The molecule has 3 aromatic rings. The summed E-state index contributed by atoms with van der Waals surface area (Å²) in [6, 6.07) is 3.43. The lowest BCUT2D eigenvalue weighted by Gasteiger charge is -2.34. The quantitative estimate of drug-likeness (QED) is 0.490. The van der Waals surface area contributed by atoms with E-state index in [4.69, 9.17) is 9.72 Å². The lowest BCUT2D eigenvalue weighted by atomic mass is 10.1. The molecule has 0 unspecified atom stereocenters. The van der Waals surface area contributed by atoms with E-state index in [1.165, 1.54) is 17.0 Å². The number of rotatable bonds is 5. The summed E-state index contributed by atoms with van der Waals surface area (Å²) in [5.41, 5.74) is -0.423. The summed E-state index contributed by atoms with van der Waals surface area (Å²) in [5, 5.41) is 12.4. The van der Waals surface area contributed by atoms with Gasteiger partial charge in [0.2, 0.25) is 5.95 Å². The number of aromatic nitrogens is 5.